The summed E-state index contributed by atoms with van der Waals surface area (Å²) in [6.07, 6.45) is 0. The van der Waals surface area contributed by atoms with E-state index in [-0.39, 0.29) is 5.84 Å². The molecule has 15 heavy (non-hydrogen) atoms. The summed E-state index contributed by atoms with van der Waals surface area (Å²) >= 11 is 6.03. The molecule has 4 heteroatoms. The molecule has 1 aromatic rings. The van der Waals surface area contributed by atoms with E-state index in [1.807, 2.05) is 19.2 Å². The van der Waals surface area contributed by atoms with E-state index in [2.05, 4.69) is 18.7 Å². The lowest BCUT2D eigenvalue weighted by atomic mass is 10.1. The largest absolute Gasteiger partial charge is 0.384 e. The first-order chi connectivity index (χ1) is 6.93. The van der Waals surface area contributed by atoms with Gasteiger partial charge >= 0.3 is 0 Å². The molecule has 0 saturated carbocycles. The van der Waals surface area contributed by atoms with Gasteiger partial charge in [-0.2, -0.15) is 0 Å². The predicted molar refractivity (Wildman–Crippen MR) is 66.0 cm³/mol. The zero-order valence-electron chi connectivity index (χ0n) is 9.21. The maximum atomic E-state index is 7.32. The first-order valence-electron chi connectivity index (χ1n) is 4.80. The molecular weight excluding hydrogens is 210 g/mol. The van der Waals surface area contributed by atoms with Crippen molar-refractivity contribution in [3.05, 3.63) is 28.8 Å². The standard InChI is InChI=1S/C11H16ClN3/c1-7(2)15(3)8-4-5-9(11(13)14)10(12)6-8/h4-7H,1-3H3,(H3,13,14). The summed E-state index contributed by atoms with van der Waals surface area (Å²) in [4.78, 5) is 2.11. The third-order valence-corrected chi connectivity index (χ3v) is 2.74. The van der Waals surface area contributed by atoms with Crippen molar-refractivity contribution in [2.45, 2.75) is 19.9 Å². The van der Waals surface area contributed by atoms with E-state index < -0.39 is 0 Å². The molecule has 0 aliphatic carbocycles. The molecule has 0 aliphatic rings. The topological polar surface area (TPSA) is 53.1 Å². The van der Waals surface area contributed by atoms with Crippen LogP contribution in [0.5, 0.6) is 0 Å². The smallest absolute Gasteiger partial charge is 0.124 e. The molecule has 0 radical (unpaired) electrons. The molecule has 0 amide bonds. The highest BCUT2D eigenvalue weighted by atomic mass is 35.5. The van der Waals surface area contributed by atoms with Crippen molar-refractivity contribution in [1.29, 1.82) is 5.41 Å². The van der Waals surface area contributed by atoms with Crippen LogP contribution < -0.4 is 10.6 Å². The Morgan fingerprint density at radius 2 is 2.07 bits per heavy atom. The Labute approximate surface area is 95.3 Å². The van der Waals surface area contributed by atoms with Crippen LogP contribution in [0.4, 0.5) is 5.69 Å². The van der Waals surface area contributed by atoms with Gasteiger partial charge in [0.05, 0.1) is 5.02 Å². The Kier molecular flexibility index (Phi) is 3.58. The van der Waals surface area contributed by atoms with Crippen molar-refractivity contribution >= 4 is 23.1 Å². The van der Waals surface area contributed by atoms with Crippen molar-refractivity contribution in [2.75, 3.05) is 11.9 Å². The van der Waals surface area contributed by atoms with Crippen LogP contribution in [0.15, 0.2) is 18.2 Å². The molecule has 3 N–H and O–H groups in total. The number of amidine groups is 1. The molecule has 0 bridgehead atoms. The van der Waals surface area contributed by atoms with Crippen LogP contribution >= 0.6 is 11.6 Å². The second-order valence-corrected chi connectivity index (χ2v) is 4.19. The van der Waals surface area contributed by atoms with Gasteiger partial charge in [0.15, 0.2) is 0 Å². The first-order valence-corrected chi connectivity index (χ1v) is 5.18. The minimum Gasteiger partial charge on any atom is -0.384 e. The van der Waals surface area contributed by atoms with Crippen LogP contribution in [0.25, 0.3) is 0 Å². The Morgan fingerprint density at radius 1 is 1.47 bits per heavy atom. The highest BCUT2D eigenvalue weighted by Gasteiger charge is 2.08. The van der Waals surface area contributed by atoms with E-state index in [0.29, 0.717) is 16.6 Å². The summed E-state index contributed by atoms with van der Waals surface area (Å²) in [7, 11) is 2.00. The average Bonchev–Trinajstić information content (AvgIpc) is 2.15. The number of nitrogens with two attached hydrogens (primary N) is 1. The Morgan fingerprint density at radius 3 is 2.47 bits per heavy atom. The summed E-state index contributed by atoms with van der Waals surface area (Å²) in [6, 6.07) is 5.93. The van der Waals surface area contributed by atoms with Gasteiger partial charge in [0.2, 0.25) is 0 Å². The number of halogens is 1. The number of hydrogen-bond acceptors (Lipinski definition) is 2. The maximum Gasteiger partial charge on any atom is 0.124 e. The summed E-state index contributed by atoms with van der Waals surface area (Å²) < 4.78 is 0. The monoisotopic (exact) mass is 225 g/mol. The minimum absolute atomic E-state index is 0.00116. The number of nitrogens with one attached hydrogen (secondary N) is 1. The molecular formula is C11H16ClN3. The van der Waals surface area contributed by atoms with Crippen molar-refractivity contribution in [2.24, 2.45) is 5.73 Å². The van der Waals surface area contributed by atoms with Gasteiger partial charge in [0, 0.05) is 24.3 Å². The summed E-state index contributed by atoms with van der Waals surface area (Å²) in [5.74, 6) is -0.00116. The fourth-order valence-electron chi connectivity index (χ4n) is 1.24. The summed E-state index contributed by atoms with van der Waals surface area (Å²) in [5, 5.41) is 7.84. The van der Waals surface area contributed by atoms with Crippen molar-refractivity contribution in [3.63, 3.8) is 0 Å². The van der Waals surface area contributed by atoms with E-state index in [0.717, 1.165) is 5.69 Å². The lowest BCUT2D eigenvalue weighted by Crippen LogP contribution is -2.25. The normalized spacial score (nSPS) is 10.5. The number of rotatable bonds is 3. The van der Waals surface area contributed by atoms with Crippen molar-refractivity contribution in [3.8, 4) is 0 Å². The molecule has 0 spiro atoms. The molecule has 0 fully saturated rings. The van der Waals surface area contributed by atoms with Crippen LogP contribution in [0.2, 0.25) is 5.02 Å². The third kappa shape index (κ3) is 2.63. The zero-order chi connectivity index (χ0) is 11.6. The van der Waals surface area contributed by atoms with E-state index in [4.69, 9.17) is 22.7 Å². The summed E-state index contributed by atoms with van der Waals surface area (Å²) in [6.45, 7) is 4.21. The van der Waals surface area contributed by atoms with Gasteiger partial charge in [0.1, 0.15) is 5.84 Å². The Hall–Kier alpha value is -1.22. The number of anilines is 1. The first kappa shape index (κ1) is 11.9. The molecule has 1 aromatic carbocycles. The molecule has 0 heterocycles. The Bertz CT molecular complexity index is 374. The minimum atomic E-state index is -0.00116. The fraction of sp³-hybridized carbons (Fsp3) is 0.364. The van der Waals surface area contributed by atoms with Gasteiger partial charge in [-0.1, -0.05) is 11.6 Å². The molecule has 0 aromatic heterocycles. The van der Waals surface area contributed by atoms with Crippen LogP contribution in [-0.4, -0.2) is 18.9 Å². The zero-order valence-corrected chi connectivity index (χ0v) is 9.97. The van der Waals surface area contributed by atoms with Gasteiger partial charge < -0.3 is 10.6 Å². The third-order valence-electron chi connectivity index (χ3n) is 2.42. The maximum absolute atomic E-state index is 7.32. The van der Waals surface area contributed by atoms with E-state index >= 15 is 0 Å². The van der Waals surface area contributed by atoms with Crippen molar-refractivity contribution < 1.29 is 0 Å². The van der Waals surface area contributed by atoms with Gasteiger partial charge in [-0.05, 0) is 32.0 Å². The number of nitrogen functional groups attached to an aromatic ring is 1. The number of nitrogens with zero attached hydrogens (tertiary/aromatic N) is 1. The molecule has 3 nitrogen and oxygen atoms in total. The molecule has 0 unspecified atom stereocenters. The lowest BCUT2D eigenvalue weighted by Gasteiger charge is -2.24. The highest BCUT2D eigenvalue weighted by molar-refractivity contribution is 6.34. The van der Waals surface area contributed by atoms with E-state index in [1.54, 1.807) is 6.07 Å². The highest BCUT2D eigenvalue weighted by Crippen LogP contribution is 2.23. The number of hydrogen-bond donors (Lipinski definition) is 2. The van der Waals surface area contributed by atoms with Gasteiger partial charge in [0.25, 0.3) is 0 Å². The van der Waals surface area contributed by atoms with Crippen LogP contribution in [0.1, 0.15) is 19.4 Å². The van der Waals surface area contributed by atoms with Gasteiger partial charge in [-0.15, -0.1) is 0 Å². The lowest BCUT2D eigenvalue weighted by molar-refractivity contribution is 0.755. The predicted octanol–water partition coefficient (Wildman–Crippen LogP) is 2.47. The summed E-state index contributed by atoms with van der Waals surface area (Å²) in [5.41, 5.74) is 6.99. The van der Waals surface area contributed by atoms with Crippen molar-refractivity contribution in [1.82, 2.24) is 0 Å². The Balaban J connectivity index is 3.06. The fourth-order valence-corrected chi connectivity index (χ4v) is 1.52. The SMILES string of the molecule is CC(C)N(C)c1ccc(C(=N)N)c(Cl)c1. The van der Waals surface area contributed by atoms with Crippen LogP contribution in [-0.2, 0) is 0 Å². The van der Waals surface area contributed by atoms with Gasteiger partial charge in [-0.25, -0.2) is 0 Å². The van der Waals surface area contributed by atoms with E-state index in [9.17, 15) is 0 Å². The molecule has 0 atom stereocenters. The van der Waals surface area contributed by atoms with Crippen LogP contribution in [0, 0.1) is 5.41 Å². The second-order valence-electron chi connectivity index (χ2n) is 3.78. The number of benzene rings is 1. The second kappa shape index (κ2) is 4.53. The molecule has 1 rings (SSSR count). The quantitative estimate of drug-likeness (QED) is 0.614. The molecule has 82 valence electrons. The van der Waals surface area contributed by atoms with Gasteiger partial charge in [-0.3, -0.25) is 5.41 Å². The van der Waals surface area contributed by atoms with E-state index in [1.165, 1.54) is 0 Å². The molecule has 0 saturated heterocycles. The van der Waals surface area contributed by atoms with Crippen LogP contribution in [0.3, 0.4) is 0 Å². The average molecular weight is 226 g/mol. The molecule has 0 aliphatic heterocycles.